The van der Waals surface area contributed by atoms with Gasteiger partial charge in [0.1, 0.15) is 0 Å². The average molecular weight is 207 g/mol. The first kappa shape index (κ1) is 11.1. The maximum Gasteiger partial charge on any atom is 0.0839 e. The normalized spacial score (nSPS) is 10.6. The third kappa shape index (κ3) is 3.09. The van der Waals surface area contributed by atoms with Crippen molar-refractivity contribution in [3.05, 3.63) is 35.4 Å². The lowest BCUT2D eigenvalue weighted by Gasteiger charge is -2.18. The van der Waals surface area contributed by atoms with Crippen LogP contribution in [-0.2, 0) is 5.41 Å². The number of benzene rings is 1. The Kier molecular flexibility index (Phi) is 3.61. The Labute approximate surface area is 91.3 Å². The maximum atomic E-state index is 5.51. The second kappa shape index (κ2) is 4.53. The van der Waals surface area contributed by atoms with Crippen molar-refractivity contribution in [2.24, 2.45) is 0 Å². The molecule has 0 aliphatic heterocycles. The quantitative estimate of drug-likeness (QED) is 0.450. The molecule has 0 spiro atoms. The molecule has 0 fully saturated rings. The summed E-state index contributed by atoms with van der Waals surface area (Å²) in [5.74, 6) is 6.27. The van der Waals surface area contributed by atoms with Gasteiger partial charge in [0.15, 0.2) is 0 Å². The predicted octanol–water partition coefficient (Wildman–Crippen LogP) is 3.57. The molecule has 0 aliphatic carbocycles. The van der Waals surface area contributed by atoms with Crippen molar-refractivity contribution in [2.75, 3.05) is 5.88 Å². The van der Waals surface area contributed by atoms with Crippen molar-refractivity contribution in [3.63, 3.8) is 0 Å². The molecule has 0 unspecified atom stereocenters. The smallest absolute Gasteiger partial charge is 0.0839 e. The molecule has 1 rings (SSSR count). The molecule has 0 heterocycles. The van der Waals surface area contributed by atoms with E-state index in [0.29, 0.717) is 5.88 Å². The van der Waals surface area contributed by atoms with Gasteiger partial charge in [0.05, 0.1) is 5.88 Å². The molecule has 0 bridgehead atoms. The van der Waals surface area contributed by atoms with E-state index in [1.54, 1.807) is 0 Å². The van der Waals surface area contributed by atoms with Crippen molar-refractivity contribution in [1.29, 1.82) is 0 Å². The molecule has 0 amide bonds. The predicted molar refractivity (Wildman–Crippen MR) is 62.7 cm³/mol. The van der Waals surface area contributed by atoms with Gasteiger partial charge in [0, 0.05) is 5.56 Å². The Balaban J connectivity index is 3.02. The molecule has 0 saturated heterocycles. The third-order valence-corrected chi connectivity index (χ3v) is 2.16. The molecule has 0 radical (unpaired) electrons. The number of alkyl halides is 1. The van der Waals surface area contributed by atoms with E-state index in [2.05, 4.69) is 44.7 Å². The van der Waals surface area contributed by atoms with Gasteiger partial charge in [-0.15, -0.1) is 11.6 Å². The van der Waals surface area contributed by atoms with E-state index in [1.807, 2.05) is 12.1 Å². The van der Waals surface area contributed by atoms with Crippen LogP contribution in [0.4, 0.5) is 0 Å². The highest BCUT2D eigenvalue weighted by atomic mass is 35.5. The van der Waals surface area contributed by atoms with E-state index in [0.717, 1.165) is 5.56 Å². The van der Waals surface area contributed by atoms with E-state index in [-0.39, 0.29) is 5.41 Å². The lowest BCUT2D eigenvalue weighted by atomic mass is 9.86. The minimum atomic E-state index is 0.179. The van der Waals surface area contributed by atoms with Gasteiger partial charge in [0.25, 0.3) is 0 Å². The fourth-order valence-electron chi connectivity index (χ4n) is 1.20. The zero-order chi connectivity index (χ0) is 10.6. The first-order valence-corrected chi connectivity index (χ1v) is 5.23. The Morgan fingerprint density at radius 1 is 1.29 bits per heavy atom. The molecular formula is C13H15Cl. The Morgan fingerprint density at radius 2 is 2.00 bits per heavy atom. The highest BCUT2D eigenvalue weighted by Gasteiger charge is 2.12. The van der Waals surface area contributed by atoms with E-state index >= 15 is 0 Å². The van der Waals surface area contributed by atoms with Crippen LogP contribution in [0, 0.1) is 11.8 Å². The summed E-state index contributed by atoms with van der Waals surface area (Å²) >= 11 is 5.51. The van der Waals surface area contributed by atoms with Crippen molar-refractivity contribution in [3.8, 4) is 11.8 Å². The molecule has 74 valence electrons. The maximum absolute atomic E-state index is 5.51. The monoisotopic (exact) mass is 206 g/mol. The molecule has 1 aromatic carbocycles. The molecule has 0 atom stereocenters. The zero-order valence-electron chi connectivity index (χ0n) is 8.89. The van der Waals surface area contributed by atoms with Gasteiger partial charge in [-0.3, -0.25) is 0 Å². The highest BCUT2D eigenvalue weighted by Crippen LogP contribution is 2.22. The molecule has 14 heavy (non-hydrogen) atoms. The van der Waals surface area contributed by atoms with Crippen LogP contribution in [0.15, 0.2) is 24.3 Å². The number of hydrogen-bond donors (Lipinski definition) is 0. The molecular weight excluding hydrogens is 192 g/mol. The van der Waals surface area contributed by atoms with Crippen LogP contribution in [0.25, 0.3) is 0 Å². The zero-order valence-corrected chi connectivity index (χ0v) is 9.65. The summed E-state index contributed by atoms with van der Waals surface area (Å²) in [6.45, 7) is 6.59. The summed E-state index contributed by atoms with van der Waals surface area (Å²) in [4.78, 5) is 0. The Bertz CT molecular complexity index is 361. The van der Waals surface area contributed by atoms with Crippen molar-refractivity contribution < 1.29 is 0 Å². The summed E-state index contributed by atoms with van der Waals surface area (Å²) in [6.07, 6.45) is 0. The van der Waals surface area contributed by atoms with Crippen LogP contribution >= 0.6 is 11.6 Å². The van der Waals surface area contributed by atoms with Gasteiger partial charge >= 0.3 is 0 Å². The van der Waals surface area contributed by atoms with Crippen molar-refractivity contribution in [2.45, 2.75) is 26.2 Å². The fraction of sp³-hybridized carbons (Fsp3) is 0.385. The second-order valence-corrected chi connectivity index (χ2v) is 4.53. The highest BCUT2D eigenvalue weighted by molar-refractivity contribution is 6.19. The Morgan fingerprint density at radius 3 is 2.57 bits per heavy atom. The van der Waals surface area contributed by atoms with Gasteiger partial charge in [0.2, 0.25) is 0 Å². The molecule has 0 aromatic heterocycles. The van der Waals surface area contributed by atoms with E-state index < -0.39 is 0 Å². The minimum absolute atomic E-state index is 0.179. The molecule has 1 aromatic rings. The van der Waals surface area contributed by atoms with E-state index in [4.69, 9.17) is 11.6 Å². The van der Waals surface area contributed by atoms with E-state index in [9.17, 15) is 0 Å². The lowest BCUT2D eigenvalue weighted by molar-refractivity contribution is 0.590. The third-order valence-electron chi connectivity index (χ3n) is 2.03. The van der Waals surface area contributed by atoms with E-state index in [1.165, 1.54) is 5.56 Å². The van der Waals surface area contributed by atoms with Crippen molar-refractivity contribution >= 4 is 11.6 Å². The van der Waals surface area contributed by atoms with Crippen LogP contribution in [0.3, 0.4) is 0 Å². The summed E-state index contributed by atoms with van der Waals surface area (Å²) in [6, 6.07) is 8.30. The number of rotatable bonds is 0. The minimum Gasteiger partial charge on any atom is -0.113 e. The van der Waals surface area contributed by atoms with Crippen LogP contribution < -0.4 is 0 Å². The van der Waals surface area contributed by atoms with Crippen LogP contribution in [-0.4, -0.2) is 5.88 Å². The molecule has 0 saturated carbocycles. The average Bonchev–Trinajstić information content (AvgIpc) is 2.14. The first-order chi connectivity index (χ1) is 6.54. The van der Waals surface area contributed by atoms with Gasteiger partial charge in [-0.2, -0.15) is 0 Å². The molecule has 1 heteroatoms. The van der Waals surface area contributed by atoms with Gasteiger partial charge in [-0.1, -0.05) is 44.7 Å². The molecule has 0 N–H and O–H groups in total. The number of hydrogen-bond acceptors (Lipinski definition) is 0. The van der Waals surface area contributed by atoms with Gasteiger partial charge < -0.3 is 0 Å². The SMILES string of the molecule is CC(C)(C)c1cccc(C#CCCl)c1. The van der Waals surface area contributed by atoms with Crippen LogP contribution in [0.1, 0.15) is 31.9 Å². The lowest BCUT2D eigenvalue weighted by Crippen LogP contribution is -2.10. The largest absolute Gasteiger partial charge is 0.113 e. The fourth-order valence-corrected chi connectivity index (χ4v) is 1.27. The van der Waals surface area contributed by atoms with Gasteiger partial charge in [-0.05, 0) is 23.1 Å². The van der Waals surface area contributed by atoms with Gasteiger partial charge in [-0.25, -0.2) is 0 Å². The second-order valence-electron chi connectivity index (χ2n) is 4.27. The summed E-state index contributed by atoms with van der Waals surface area (Å²) < 4.78 is 0. The van der Waals surface area contributed by atoms with Crippen LogP contribution in [0.2, 0.25) is 0 Å². The topological polar surface area (TPSA) is 0 Å². The standard InChI is InChI=1S/C13H15Cl/c1-13(2,3)12-8-4-6-11(10-12)7-5-9-14/h4,6,8,10H,9H2,1-3H3. The van der Waals surface area contributed by atoms with Crippen LogP contribution in [0.5, 0.6) is 0 Å². The summed E-state index contributed by atoms with van der Waals surface area (Å²) in [7, 11) is 0. The van der Waals surface area contributed by atoms with Crippen molar-refractivity contribution in [1.82, 2.24) is 0 Å². The molecule has 0 nitrogen and oxygen atoms in total. The summed E-state index contributed by atoms with van der Waals surface area (Å²) in [5.41, 5.74) is 2.52. The Hall–Kier alpha value is -0.930. The molecule has 0 aliphatic rings. The summed E-state index contributed by atoms with van der Waals surface area (Å²) in [5, 5.41) is 0. The first-order valence-electron chi connectivity index (χ1n) is 4.69. The number of halogens is 1.